The first-order valence-electron chi connectivity index (χ1n) is 8.05. The number of carbonyl (C=O) groups excluding carboxylic acids is 1. The highest BCUT2D eigenvalue weighted by molar-refractivity contribution is 5.78. The van der Waals surface area contributed by atoms with E-state index in [1.807, 2.05) is 25.1 Å². The summed E-state index contributed by atoms with van der Waals surface area (Å²) in [6.07, 6.45) is 2.87. The molecule has 1 aliphatic carbocycles. The van der Waals surface area contributed by atoms with Crippen LogP contribution in [0.15, 0.2) is 41.2 Å². The molecule has 1 saturated carbocycles. The second kappa shape index (κ2) is 6.41. The molecule has 1 aliphatic rings. The van der Waals surface area contributed by atoms with Gasteiger partial charge in [-0.2, -0.15) is 0 Å². The number of aromatic nitrogens is 1. The fraction of sp³-hybridized carbons (Fsp3) is 0.368. The molecule has 2 aromatic rings. The van der Waals surface area contributed by atoms with Crippen molar-refractivity contribution in [1.29, 1.82) is 0 Å². The quantitative estimate of drug-likeness (QED) is 0.922. The highest BCUT2D eigenvalue weighted by Gasteiger charge is 2.23. The van der Waals surface area contributed by atoms with Crippen LogP contribution in [0, 0.1) is 6.92 Å². The smallest absolute Gasteiger partial charge is 0.255 e. The molecule has 4 heteroatoms. The van der Waals surface area contributed by atoms with Crippen LogP contribution in [0.4, 0.5) is 0 Å². The third-order valence-corrected chi connectivity index (χ3v) is 4.47. The maximum absolute atomic E-state index is 12.1. The van der Waals surface area contributed by atoms with Crippen molar-refractivity contribution < 1.29 is 4.79 Å². The van der Waals surface area contributed by atoms with E-state index in [1.165, 1.54) is 18.4 Å². The molecule has 0 bridgehead atoms. The molecular formula is C19H22N2O2. The van der Waals surface area contributed by atoms with E-state index in [0.29, 0.717) is 17.9 Å². The Hall–Kier alpha value is -2.36. The number of nitrogens with zero attached hydrogens (tertiary/aromatic N) is 1. The van der Waals surface area contributed by atoms with Gasteiger partial charge in [-0.3, -0.25) is 9.59 Å². The highest BCUT2D eigenvalue weighted by atomic mass is 16.1. The molecule has 1 aromatic carbocycles. The molecule has 1 amide bonds. The average molecular weight is 310 g/mol. The van der Waals surface area contributed by atoms with Gasteiger partial charge >= 0.3 is 0 Å². The van der Waals surface area contributed by atoms with Crippen LogP contribution in [0.25, 0.3) is 0 Å². The number of rotatable bonds is 5. The third-order valence-electron chi connectivity index (χ3n) is 4.47. The lowest BCUT2D eigenvalue weighted by Gasteiger charge is -2.09. The van der Waals surface area contributed by atoms with Crippen molar-refractivity contribution in [3.8, 4) is 0 Å². The summed E-state index contributed by atoms with van der Waals surface area (Å²) in [4.78, 5) is 24.2. The van der Waals surface area contributed by atoms with Gasteiger partial charge in [0.1, 0.15) is 0 Å². The molecule has 0 aliphatic heterocycles. The maximum Gasteiger partial charge on any atom is 0.255 e. The number of nitrogens with one attached hydrogen (secondary N) is 1. The van der Waals surface area contributed by atoms with E-state index in [4.69, 9.17) is 0 Å². The van der Waals surface area contributed by atoms with E-state index in [-0.39, 0.29) is 18.0 Å². The summed E-state index contributed by atoms with van der Waals surface area (Å²) in [6, 6.07) is 11.9. The number of benzene rings is 1. The zero-order valence-electron chi connectivity index (χ0n) is 13.6. The Morgan fingerprint density at radius 2 is 2.04 bits per heavy atom. The number of hydrogen-bond donors (Lipinski definition) is 1. The van der Waals surface area contributed by atoms with E-state index >= 15 is 0 Å². The lowest BCUT2D eigenvalue weighted by Crippen LogP contribution is -2.30. The molecule has 1 heterocycles. The Morgan fingerprint density at radius 3 is 2.78 bits per heavy atom. The normalized spacial score (nSPS) is 13.8. The van der Waals surface area contributed by atoms with Crippen LogP contribution >= 0.6 is 0 Å². The summed E-state index contributed by atoms with van der Waals surface area (Å²) in [5.41, 5.74) is 3.83. The summed E-state index contributed by atoms with van der Waals surface area (Å²) in [6.45, 7) is 2.16. The molecule has 3 rings (SSSR count). The van der Waals surface area contributed by atoms with Crippen molar-refractivity contribution in [2.24, 2.45) is 7.05 Å². The summed E-state index contributed by atoms with van der Waals surface area (Å²) >= 11 is 0. The topological polar surface area (TPSA) is 51.1 Å². The minimum Gasteiger partial charge on any atom is -0.352 e. The van der Waals surface area contributed by atoms with Gasteiger partial charge in [0.15, 0.2) is 0 Å². The first-order chi connectivity index (χ1) is 11.0. The van der Waals surface area contributed by atoms with Gasteiger partial charge in [0.25, 0.3) is 5.56 Å². The molecule has 4 nitrogen and oxygen atoms in total. The van der Waals surface area contributed by atoms with Gasteiger partial charge in [-0.05, 0) is 42.9 Å². The van der Waals surface area contributed by atoms with Crippen molar-refractivity contribution in [3.63, 3.8) is 0 Å². The van der Waals surface area contributed by atoms with Gasteiger partial charge in [0.05, 0.1) is 6.42 Å². The van der Waals surface area contributed by atoms with Gasteiger partial charge in [-0.15, -0.1) is 0 Å². The first-order valence-corrected chi connectivity index (χ1v) is 8.05. The average Bonchev–Trinajstić information content (AvgIpc) is 3.37. The van der Waals surface area contributed by atoms with E-state index < -0.39 is 0 Å². The van der Waals surface area contributed by atoms with Crippen LogP contribution in [-0.4, -0.2) is 10.5 Å². The van der Waals surface area contributed by atoms with Crippen LogP contribution in [0.2, 0.25) is 0 Å². The van der Waals surface area contributed by atoms with Crippen LogP contribution in [0.5, 0.6) is 0 Å². The van der Waals surface area contributed by atoms with Gasteiger partial charge in [0.2, 0.25) is 5.91 Å². The molecule has 0 radical (unpaired) electrons. The van der Waals surface area contributed by atoms with Crippen LogP contribution < -0.4 is 10.9 Å². The highest BCUT2D eigenvalue weighted by Crippen LogP contribution is 2.40. The Balaban J connectivity index is 1.61. The number of carbonyl (C=O) groups is 1. The Morgan fingerprint density at radius 1 is 1.26 bits per heavy atom. The zero-order valence-corrected chi connectivity index (χ0v) is 13.6. The Kier molecular flexibility index (Phi) is 4.33. The zero-order chi connectivity index (χ0) is 16.4. The van der Waals surface area contributed by atoms with Gasteiger partial charge in [-0.25, -0.2) is 0 Å². The molecule has 1 N–H and O–H groups in total. The van der Waals surface area contributed by atoms with E-state index in [2.05, 4.69) is 17.4 Å². The lowest BCUT2D eigenvalue weighted by atomic mass is 10.0. The third kappa shape index (κ3) is 3.70. The van der Waals surface area contributed by atoms with Gasteiger partial charge < -0.3 is 9.88 Å². The fourth-order valence-corrected chi connectivity index (χ4v) is 2.73. The van der Waals surface area contributed by atoms with Crippen molar-refractivity contribution in [2.45, 2.75) is 38.6 Å². The standard InChI is InChI=1S/C19H22N2O2/c1-13-6-7-17(19(23)21(13)2)12-20-18(22)11-14-4-3-5-16(10-14)15-8-9-15/h3-7,10,15H,8-9,11-12H2,1-2H3,(H,20,22). The van der Waals surface area contributed by atoms with Crippen molar-refractivity contribution >= 4 is 5.91 Å². The monoisotopic (exact) mass is 310 g/mol. The summed E-state index contributed by atoms with van der Waals surface area (Å²) < 4.78 is 1.60. The Labute approximate surface area is 136 Å². The number of hydrogen-bond acceptors (Lipinski definition) is 2. The number of amides is 1. The summed E-state index contributed by atoms with van der Waals surface area (Å²) in [7, 11) is 1.74. The van der Waals surface area contributed by atoms with Crippen molar-refractivity contribution in [2.75, 3.05) is 0 Å². The molecular weight excluding hydrogens is 288 g/mol. The SMILES string of the molecule is Cc1ccc(CNC(=O)Cc2cccc(C3CC3)c2)c(=O)n1C. The van der Waals surface area contributed by atoms with Crippen molar-refractivity contribution in [3.05, 3.63) is 69.1 Å². The van der Waals surface area contributed by atoms with Gasteiger partial charge in [0, 0.05) is 24.8 Å². The second-order valence-corrected chi connectivity index (χ2v) is 6.34. The molecule has 1 fully saturated rings. The van der Waals surface area contributed by atoms with Gasteiger partial charge in [-0.1, -0.05) is 30.3 Å². The molecule has 120 valence electrons. The molecule has 0 atom stereocenters. The van der Waals surface area contributed by atoms with Crippen LogP contribution in [0.1, 0.15) is 41.1 Å². The molecule has 0 spiro atoms. The van der Waals surface area contributed by atoms with E-state index in [9.17, 15) is 9.59 Å². The molecule has 0 saturated heterocycles. The molecule has 0 unspecified atom stereocenters. The van der Waals surface area contributed by atoms with Crippen LogP contribution in [-0.2, 0) is 24.8 Å². The summed E-state index contributed by atoms with van der Waals surface area (Å²) in [5, 5.41) is 2.85. The minimum atomic E-state index is -0.0550. The largest absolute Gasteiger partial charge is 0.352 e. The van der Waals surface area contributed by atoms with Crippen LogP contribution in [0.3, 0.4) is 0 Å². The fourth-order valence-electron chi connectivity index (χ4n) is 2.73. The minimum absolute atomic E-state index is 0.0546. The first kappa shape index (κ1) is 15.5. The Bertz CT molecular complexity index is 788. The molecule has 23 heavy (non-hydrogen) atoms. The van der Waals surface area contributed by atoms with Crippen molar-refractivity contribution in [1.82, 2.24) is 9.88 Å². The van der Waals surface area contributed by atoms with E-state index in [0.717, 1.165) is 11.3 Å². The molecule has 1 aromatic heterocycles. The maximum atomic E-state index is 12.1. The predicted octanol–water partition coefficient (Wildman–Crippen LogP) is 2.43. The van der Waals surface area contributed by atoms with E-state index in [1.54, 1.807) is 17.7 Å². The number of aryl methyl sites for hydroxylation is 1. The number of pyridine rings is 1. The predicted molar refractivity (Wildman–Crippen MR) is 90.4 cm³/mol. The lowest BCUT2D eigenvalue weighted by molar-refractivity contribution is -0.120. The second-order valence-electron chi connectivity index (χ2n) is 6.34. The summed E-state index contributed by atoms with van der Waals surface area (Å²) in [5.74, 6) is 0.633.